The van der Waals surface area contributed by atoms with Crippen molar-refractivity contribution >= 4 is 39.7 Å². The summed E-state index contributed by atoms with van der Waals surface area (Å²) in [6.45, 7) is 13.4. The molecule has 0 aliphatic heterocycles. The molecule has 0 saturated carbocycles. The second-order valence-corrected chi connectivity index (χ2v) is 9.28. The SMILES string of the molecule is C=CCn1c(=S)sc2c(=O)n(CC(=O)c3cc(C)n(CCC(C)C)c3C)cnc21. The second-order valence-electron chi connectivity index (χ2n) is 7.64. The lowest BCUT2D eigenvalue weighted by molar-refractivity contribution is 0.0970. The monoisotopic (exact) mass is 430 g/mol. The van der Waals surface area contributed by atoms with Gasteiger partial charge >= 0.3 is 0 Å². The number of fused-ring (bicyclic) bond motifs is 1. The minimum Gasteiger partial charge on any atom is -0.348 e. The van der Waals surface area contributed by atoms with Crippen LogP contribution in [-0.2, 0) is 19.6 Å². The molecule has 154 valence electrons. The highest BCUT2D eigenvalue weighted by atomic mass is 32.1. The first-order valence-corrected chi connectivity index (χ1v) is 10.9. The molecule has 0 aliphatic carbocycles. The van der Waals surface area contributed by atoms with Gasteiger partial charge < -0.3 is 9.13 Å². The number of carbonyl (C=O) groups is 1. The van der Waals surface area contributed by atoms with Crippen LogP contribution >= 0.6 is 23.6 Å². The first kappa shape index (κ1) is 21.4. The van der Waals surface area contributed by atoms with Gasteiger partial charge in [0.05, 0.1) is 6.54 Å². The quantitative estimate of drug-likeness (QED) is 0.299. The number of aromatic nitrogens is 4. The Morgan fingerprint density at radius 3 is 2.72 bits per heavy atom. The highest BCUT2D eigenvalue weighted by Crippen LogP contribution is 2.20. The summed E-state index contributed by atoms with van der Waals surface area (Å²) >= 11 is 6.56. The van der Waals surface area contributed by atoms with Crippen LogP contribution in [0.5, 0.6) is 0 Å². The third-order valence-electron chi connectivity index (χ3n) is 5.07. The molecule has 8 heteroatoms. The summed E-state index contributed by atoms with van der Waals surface area (Å²) in [6, 6.07) is 1.92. The third kappa shape index (κ3) is 4.18. The standard InChI is InChI=1S/C21H26N4O2S2/c1-6-8-25-19-18(29-21(25)28)20(27)23(12-22-19)11-17(26)16-10-14(4)24(15(16)5)9-7-13(2)3/h6,10,12-13H,1,7-9,11H2,2-5H3. The Hall–Kier alpha value is -2.32. The van der Waals surface area contributed by atoms with Crippen molar-refractivity contribution in [2.24, 2.45) is 5.92 Å². The molecule has 0 aromatic carbocycles. The molecule has 0 aliphatic rings. The normalized spacial score (nSPS) is 11.5. The maximum atomic E-state index is 13.0. The van der Waals surface area contributed by atoms with E-state index in [9.17, 15) is 9.59 Å². The van der Waals surface area contributed by atoms with Gasteiger partial charge in [0.1, 0.15) is 11.0 Å². The number of Topliss-reactive ketones (excluding diaryl/α,β-unsaturated/α-hetero) is 1. The first-order valence-electron chi connectivity index (χ1n) is 9.64. The van der Waals surface area contributed by atoms with Crippen LogP contribution in [-0.4, -0.2) is 24.5 Å². The van der Waals surface area contributed by atoms with Crippen molar-refractivity contribution in [1.29, 1.82) is 0 Å². The van der Waals surface area contributed by atoms with E-state index in [4.69, 9.17) is 12.2 Å². The molecule has 0 bridgehead atoms. The number of aryl methyl sites for hydroxylation is 1. The fourth-order valence-electron chi connectivity index (χ4n) is 3.43. The zero-order chi connectivity index (χ0) is 21.3. The minimum atomic E-state index is -0.240. The van der Waals surface area contributed by atoms with Gasteiger partial charge in [0, 0.05) is 30.0 Å². The molecule has 6 nitrogen and oxygen atoms in total. The first-order chi connectivity index (χ1) is 13.7. The van der Waals surface area contributed by atoms with E-state index in [1.807, 2.05) is 19.9 Å². The van der Waals surface area contributed by atoms with Gasteiger partial charge in [-0.25, -0.2) is 4.98 Å². The molecule has 3 heterocycles. The van der Waals surface area contributed by atoms with Crippen LogP contribution in [0.3, 0.4) is 0 Å². The largest absolute Gasteiger partial charge is 0.348 e. The van der Waals surface area contributed by atoms with Gasteiger partial charge in [-0.3, -0.25) is 14.2 Å². The van der Waals surface area contributed by atoms with E-state index in [1.165, 1.54) is 22.2 Å². The predicted molar refractivity (Wildman–Crippen MR) is 121 cm³/mol. The molecule has 0 amide bonds. The van der Waals surface area contributed by atoms with Crippen LogP contribution in [0.15, 0.2) is 29.8 Å². The molecule has 0 atom stereocenters. The lowest BCUT2D eigenvalue weighted by atomic mass is 10.1. The van der Waals surface area contributed by atoms with E-state index in [2.05, 4.69) is 30.0 Å². The van der Waals surface area contributed by atoms with Crippen LogP contribution in [0.25, 0.3) is 10.3 Å². The highest BCUT2D eigenvalue weighted by molar-refractivity contribution is 7.73. The molecule has 3 aromatic rings. The molecule has 0 unspecified atom stereocenters. The number of ketones is 1. The third-order valence-corrected chi connectivity index (χ3v) is 6.50. The molecular weight excluding hydrogens is 404 g/mol. The Labute approximate surface area is 179 Å². The maximum absolute atomic E-state index is 13.0. The molecule has 0 N–H and O–H groups in total. The molecule has 0 spiro atoms. The van der Waals surface area contributed by atoms with E-state index in [0.29, 0.717) is 32.3 Å². The molecule has 0 fully saturated rings. The molecule has 0 radical (unpaired) electrons. The van der Waals surface area contributed by atoms with Gasteiger partial charge in [-0.15, -0.1) is 6.58 Å². The summed E-state index contributed by atoms with van der Waals surface area (Å²) in [4.78, 5) is 30.2. The fourth-order valence-corrected chi connectivity index (χ4v) is 4.74. The summed E-state index contributed by atoms with van der Waals surface area (Å²) < 4.78 is 6.36. The summed E-state index contributed by atoms with van der Waals surface area (Å²) in [5, 5.41) is 0. The number of hydrogen-bond acceptors (Lipinski definition) is 5. The summed E-state index contributed by atoms with van der Waals surface area (Å²) in [5.41, 5.74) is 2.97. The Kier molecular flexibility index (Phi) is 6.33. The van der Waals surface area contributed by atoms with Crippen LogP contribution < -0.4 is 5.56 Å². The number of thiazole rings is 1. The maximum Gasteiger partial charge on any atom is 0.273 e. The van der Waals surface area contributed by atoms with Crippen LogP contribution in [0.2, 0.25) is 0 Å². The van der Waals surface area contributed by atoms with Crippen molar-refractivity contribution in [3.05, 3.63) is 56.3 Å². The van der Waals surface area contributed by atoms with Crippen molar-refractivity contribution in [2.45, 2.75) is 53.8 Å². The van der Waals surface area contributed by atoms with E-state index in [0.717, 1.165) is 24.4 Å². The smallest absolute Gasteiger partial charge is 0.273 e. The number of allylic oxidation sites excluding steroid dienone is 1. The molecular formula is C21H26N4O2S2. The lowest BCUT2D eigenvalue weighted by Crippen LogP contribution is -2.24. The number of hydrogen-bond donors (Lipinski definition) is 0. The molecule has 0 saturated heterocycles. The fraction of sp³-hybridized carbons (Fsp3) is 0.429. The van der Waals surface area contributed by atoms with Crippen molar-refractivity contribution in [2.75, 3.05) is 0 Å². The van der Waals surface area contributed by atoms with Gasteiger partial charge in [0.15, 0.2) is 15.4 Å². The molecule has 29 heavy (non-hydrogen) atoms. The Morgan fingerprint density at radius 1 is 1.34 bits per heavy atom. The van der Waals surface area contributed by atoms with Gasteiger partial charge in [0.2, 0.25) is 0 Å². The number of carbonyl (C=O) groups excluding carboxylic acids is 1. The molecule has 3 rings (SSSR count). The van der Waals surface area contributed by atoms with Gasteiger partial charge in [-0.05, 0) is 44.5 Å². The minimum absolute atomic E-state index is 0.0393. The summed E-state index contributed by atoms with van der Waals surface area (Å²) in [5.74, 6) is 0.502. The van der Waals surface area contributed by atoms with Crippen molar-refractivity contribution in [1.82, 2.24) is 18.7 Å². The Morgan fingerprint density at radius 2 is 2.07 bits per heavy atom. The van der Waals surface area contributed by atoms with Crippen molar-refractivity contribution in [3.8, 4) is 0 Å². The van der Waals surface area contributed by atoms with E-state index in [-0.39, 0.29) is 17.9 Å². The molecule has 3 aromatic heterocycles. The average molecular weight is 431 g/mol. The summed E-state index contributed by atoms with van der Waals surface area (Å²) in [6.07, 6.45) is 4.20. The highest BCUT2D eigenvalue weighted by Gasteiger charge is 2.18. The summed E-state index contributed by atoms with van der Waals surface area (Å²) in [7, 11) is 0. The van der Waals surface area contributed by atoms with Gasteiger partial charge in [0.25, 0.3) is 5.56 Å². The number of rotatable bonds is 8. The average Bonchev–Trinajstić information content (AvgIpc) is 3.13. The van der Waals surface area contributed by atoms with Crippen LogP contribution in [0, 0.1) is 23.7 Å². The van der Waals surface area contributed by atoms with E-state index in [1.54, 1.807) is 10.6 Å². The van der Waals surface area contributed by atoms with E-state index < -0.39 is 0 Å². The number of nitrogens with zero attached hydrogens (tertiary/aromatic N) is 4. The Balaban J connectivity index is 1.92. The van der Waals surface area contributed by atoms with Crippen molar-refractivity contribution < 1.29 is 4.79 Å². The van der Waals surface area contributed by atoms with Gasteiger partial charge in [-0.2, -0.15) is 0 Å². The zero-order valence-electron chi connectivity index (χ0n) is 17.3. The second kappa shape index (κ2) is 8.59. The zero-order valence-corrected chi connectivity index (χ0v) is 18.9. The van der Waals surface area contributed by atoms with Crippen molar-refractivity contribution in [3.63, 3.8) is 0 Å². The van der Waals surface area contributed by atoms with Crippen LogP contribution in [0.4, 0.5) is 0 Å². The van der Waals surface area contributed by atoms with Gasteiger partial charge in [-0.1, -0.05) is 31.3 Å². The topological polar surface area (TPSA) is 61.8 Å². The Bertz CT molecular complexity index is 1190. The van der Waals surface area contributed by atoms with E-state index >= 15 is 0 Å². The predicted octanol–water partition coefficient (Wildman–Crippen LogP) is 4.52. The lowest BCUT2D eigenvalue weighted by Gasteiger charge is -2.11. The van der Waals surface area contributed by atoms with Crippen LogP contribution in [0.1, 0.15) is 42.0 Å².